The average molecular weight is 264 g/mol. The molecule has 1 aromatic heterocycles. The van der Waals surface area contributed by atoms with Gasteiger partial charge in [-0.2, -0.15) is 0 Å². The Hall–Kier alpha value is -1.25. The second-order valence-electron chi connectivity index (χ2n) is 4.46. The van der Waals surface area contributed by atoms with E-state index in [1.165, 1.54) is 11.1 Å². The summed E-state index contributed by atoms with van der Waals surface area (Å²) in [6.07, 6.45) is 0. The van der Waals surface area contributed by atoms with E-state index in [0.717, 1.165) is 35.2 Å². The highest BCUT2D eigenvalue weighted by Gasteiger charge is 2.10. The van der Waals surface area contributed by atoms with Gasteiger partial charge in [-0.25, -0.2) is 0 Å². The van der Waals surface area contributed by atoms with Crippen LogP contribution in [0, 0.1) is 13.8 Å². The van der Waals surface area contributed by atoms with Crippen molar-refractivity contribution in [3.63, 3.8) is 0 Å². The minimum atomic E-state index is 0.738. The number of nitrogens with one attached hydrogen (secondary N) is 1. The molecule has 0 aliphatic rings. The van der Waals surface area contributed by atoms with Crippen molar-refractivity contribution in [1.29, 1.82) is 0 Å². The van der Waals surface area contributed by atoms with Crippen LogP contribution in [0.1, 0.15) is 23.8 Å². The second-order valence-corrected chi connectivity index (χ2v) is 4.87. The molecule has 0 aliphatic carbocycles. The van der Waals surface area contributed by atoms with Gasteiger partial charge in [0.25, 0.3) is 0 Å². The van der Waals surface area contributed by atoms with Crippen LogP contribution in [0.4, 0.5) is 0 Å². The number of aryl methyl sites for hydroxylation is 2. The van der Waals surface area contributed by atoms with Gasteiger partial charge in [-0.15, -0.1) is 0 Å². The van der Waals surface area contributed by atoms with E-state index in [9.17, 15) is 0 Å². The molecule has 0 radical (unpaired) electrons. The summed E-state index contributed by atoms with van der Waals surface area (Å²) < 4.78 is 5.80. The minimum Gasteiger partial charge on any atom is -0.460 e. The molecule has 0 spiro atoms. The minimum absolute atomic E-state index is 0.738. The number of benzene rings is 1. The summed E-state index contributed by atoms with van der Waals surface area (Å²) in [5, 5.41) is 3.98. The van der Waals surface area contributed by atoms with Crippen LogP contribution in [-0.4, -0.2) is 6.54 Å². The molecular weight excluding hydrogens is 246 g/mol. The molecule has 18 heavy (non-hydrogen) atoms. The predicted octanol–water partition coefficient (Wildman–Crippen LogP) is 4.33. The van der Waals surface area contributed by atoms with E-state index in [1.54, 1.807) is 0 Å². The van der Waals surface area contributed by atoms with Gasteiger partial charge in [0.05, 0.1) is 11.6 Å². The van der Waals surface area contributed by atoms with E-state index >= 15 is 0 Å². The predicted molar refractivity (Wildman–Crippen MR) is 76.0 cm³/mol. The summed E-state index contributed by atoms with van der Waals surface area (Å²) in [5.74, 6) is 1.76. The average Bonchev–Trinajstić information content (AvgIpc) is 2.79. The Kier molecular flexibility index (Phi) is 4.10. The zero-order valence-corrected chi connectivity index (χ0v) is 11.8. The van der Waals surface area contributed by atoms with Crippen molar-refractivity contribution in [2.75, 3.05) is 6.54 Å². The Morgan fingerprint density at radius 1 is 1.17 bits per heavy atom. The van der Waals surface area contributed by atoms with Gasteiger partial charge in [-0.3, -0.25) is 0 Å². The normalized spacial score (nSPS) is 10.9. The SMILES string of the molecule is CCNCc1ccc(-c2cc(C)c(C)cc2Cl)o1. The first-order chi connectivity index (χ1) is 8.61. The van der Waals surface area contributed by atoms with Gasteiger partial charge in [0.15, 0.2) is 0 Å². The second kappa shape index (κ2) is 5.59. The lowest BCUT2D eigenvalue weighted by Gasteiger charge is -2.06. The highest BCUT2D eigenvalue weighted by molar-refractivity contribution is 6.33. The number of halogens is 1. The molecule has 0 fully saturated rings. The number of furan rings is 1. The highest BCUT2D eigenvalue weighted by Crippen LogP contribution is 2.31. The largest absolute Gasteiger partial charge is 0.460 e. The van der Waals surface area contributed by atoms with Crippen molar-refractivity contribution in [2.45, 2.75) is 27.3 Å². The molecule has 0 amide bonds. The fourth-order valence-corrected chi connectivity index (χ4v) is 2.15. The van der Waals surface area contributed by atoms with Crippen LogP contribution < -0.4 is 5.32 Å². The van der Waals surface area contributed by atoms with Gasteiger partial charge in [-0.05, 0) is 55.8 Å². The Balaban J connectivity index is 2.31. The summed E-state index contributed by atoms with van der Waals surface area (Å²) in [7, 11) is 0. The molecule has 0 aliphatic heterocycles. The molecule has 2 aromatic rings. The Labute approximate surface area is 113 Å². The maximum atomic E-state index is 6.27. The molecule has 0 saturated carbocycles. The van der Waals surface area contributed by atoms with Crippen molar-refractivity contribution < 1.29 is 4.42 Å². The first-order valence-corrected chi connectivity index (χ1v) is 6.56. The zero-order chi connectivity index (χ0) is 13.1. The van der Waals surface area contributed by atoms with Crippen molar-refractivity contribution in [2.24, 2.45) is 0 Å². The van der Waals surface area contributed by atoms with Crippen LogP contribution in [0.25, 0.3) is 11.3 Å². The van der Waals surface area contributed by atoms with Gasteiger partial charge in [0.2, 0.25) is 0 Å². The van der Waals surface area contributed by atoms with Crippen LogP contribution in [-0.2, 0) is 6.54 Å². The molecular formula is C15H18ClNO. The van der Waals surface area contributed by atoms with E-state index in [2.05, 4.69) is 32.2 Å². The number of hydrogen-bond donors (Lipinski definition) is 1. The van der Waals surface area contributed by atoms with Crippen LogP contribution in [0.2, 0.25) is 5.02 Å². The lowest BCUT2D eigenvalue weighted by molar-refractivity contribution is 0.498. The first kappa shape index (κ1) is 13.2. The van der Waals surface area contributed by atoms with Gasteiger partial charge in [0.1, 0.15) is 11.5 Å². The Bertz CT molecular complexity index is 545. The molecule has 3 heteroatoms. The molecule has 0 bridgehead atoms. The smallest absolute Gasteiger partial charge is 0.135 e. The summed E-state index contributed by atoms with van der Waals surface area (Å²) in [6, 6.07) is 8.03. The van der Waals surface area contributed by atoms with Crippen LogP contribution in [0.5, 0.6) is 0 Å². The van der Waals surface area contributed by atoms with Crippen molar-refractivity contribution in [1.82, 2.24) is 5.32 Å². The molecule has 0 unspecified atom stereocenters. The number of hydrogen-bond acceptors (Lipinski definition) is 2. The summed E-state index contributed by atoms with van der Waals surface area (Å²) >= 11 is 6.27. The molecule has 1 N–H and O–H groups in total. The molecule has 96 valence electrons. The quantitative estimate of drug-likeness (QED) is 0.888. The standard InChI is InChI=1S/C15H18ClNO/c1-4-17-9-12-5-6-15(18-12)13-7-10(2)11(3)8-14(13)16/h5-8,17H,4,9H2,1-3H3. The van der Waals surface area contributed by atoms with Crippen molar-refractivity contribution >= 4 is 11.6 Å². The van der Waals surface area contributed by atoms with Crippen molar-refractivity contribution in [3.8, 4) is 11.3 Å². The highest BCUT2D eigenvalue weighted by atomic mass is 35.5. The lowest BCUT2D eigenvalue weighted by Crippen LogP contribution is -2.10. The van der Waals surface area contributed by atoms with E-state index in [4.69, 9.17) is 16.0 Å². The van der Waals surface area contributed by atoms with E-state index < -0.39 is 0 Å². The molecule has 1 aromatic carbocycles. The zero-order valence-electron chi connectivity index (χ0n) is 11.0. The monoisotopic (exact) mass is 263 g/mol. The maximum Gasteiger partial charge on any atom is 0.135 e. The van der Waals surface area contributed by atoms with E-state index in [-0.39, 0.29) is 0 Å². The van der Waals surface area contributed by atoms with Gasteiger partial charge < -0.3 is 9.73 Å². The third kappa shape index (κ3) is 2.77. The molecule has 0 atom stereocenters. The summed E-state index contributed by atoms with van der Waals surface area (Å²) in [4.78, 5) is 0. The third-order valence-corrected chi connectivity index (χ3v) is 3.37. The molecule has 2 nitrogen and oxygen atoms in total. The van der Waals surface area contributed by atoms with Crippen LogP contribution in [0.3, 0.4) is 0 Å². The van der Waals surface area contributed by atoms with Crippen LogP contribution in [0.15, 0.2) is 28.7 Å². The summed E-state index contributed by atoms with van der Waals surface area (Å²) in [6.45, 7) is 7.89. The first-order valence-electron chi connectivity index (χ1n) is 6.18. The van der Waals surface area contributed by atoms with Gasteiger partial charge >= 0.3 is 0 Å². The van der Waals surface area contributed by atoms with Crippen LogP contribution >= 0.6 is 11.6 Å². The fraction of sp³-hybridized carbons (Fsp3) is 0.333. The maximum absolute atomic E-state index is 6.27. The summed E-state index contributed by atoms with van der Waals surface area (Å²) in [5.41, 5.74) is 3.38. The Morgan fingerprint density at radius 3 is 2.61 bits per heavy atom. The van der Waals surface area contributed by atoms with Gasteiger partial charge in [0, 0.05) is 5.56 Å². The molecule has 1 heterocycles. The number of rotatable bonds is 4. The van der Waals surface area contributed by atoms with E-state index in [1.807, 2.05) is 18.2 Å². The van der Waals surface area contributed by atoms with Crippen molar-refractivity contribution in [3.05, 3.63) is 46.2 Å². The van der Waals surface area contributed by atoms with E-state index in [0.29, 0.717) is 0 Å². The fourth-order valence-electron chi connectivity index (χ4n) is 1.84. The lowest BCUT2D eigenvalue weighted by atomic mass is 10.0. The Morgan fingerprint density at radius 2 is 1.89 bits per heavy atom. The van der Waals surface area contributed by atoms with Gasteiger partial charge in [-0.1, -0.05) is 18.5 Å². The molecule has 2 rings (SSSR count). The topological polar surface area (TPSA) is 25.2 Å². The third-order valence-electron chi connectivity index (χ3n) is 3.06. The molecule has 0 saturated heterocycles.